The summed E-state index contributed by atoms with van der Waals surface area (Å²) in [6.07, 6.45) is 1.83. The van der Waals surface area contributed by atoms with Crippen molar-refractivity contribution in [2.24, 2.45) is 5.73 Å². The Morgan fingerprint density at radius 3 is 2.67 bits per heavy atom. The fourth-order valence-electron chi connectivity index (χ4n) is 1.77. The fraction of sp³-hybridized carbons (Fsp3) is 0.600. The lowest BCUT2D eigenvalue weighted by Gasteiger charge is -2.24. The Morgan fingerprint density at radius 1 is 1.33 bits per heavy atom. The molecule has 1 atom stereocenters. The van der Waals surface area contributed by atoms with Crippen molar-refractivity contribution in [1.82, 2.24) is 0 Å². The molecule has 1 aromatic carbocycles. The summed E-state index contributed by atoms with van der Waals surface area (Å²) in [6, 6.07) is 8.04. The number of ether oxygens (including phenoxy) is 2. The van der Waals surface area contributed by atoms with Crippen molar-refractivity contribution >= 4 is 0 Å². The van der Waals surface area contributed by atoms with Crippen molar-refractivity contribution in [2.75, 3.05) is 13.7 Å². The number of benzene rings is 1. The number of hydrogen-bond donors (Lipinski definition) is 1. The Balaban J connectivity index is 2.60. The van der Waals surface area contributed by atoms with E-state index in [9.17, 15) is 0 Å². The molecule has 0 heterocycles. The first-order valence-electron chi connectivity index (χ1n) is 6.52. The predicted molar refractivity (Wildman–Crippen MR) is 74.9 cm³/mol. The van der Waals surface area contributed by atoms with Gasteiger partial charge in [0.2, 0.25) is 0 Å². The van der Waals surface area contributed by atoms with Gasteiger partial charge in [-0.05, 0) is 51.3 Å². The maximum Gasteiger partial charge on any atom is 0.119 e. The van der Waals surface area contributed by atoms with Gasteiger partial charge < -0.3 is 15.2 Å². The van der Waals surface area contributed by atoms with Gasteiger partial charge in [-0.2, -0.15) is 0 Å². The van der Waals surface area contributed by atoms with Gasteiger partial charge >= 0.3 is 0 Å². The summed E-state index contributed by atoms with van der Waals surface area (Å²) >= 11 is 0. The summed E-state index contributed by atoms with van der Waals surface area (Å²) in [6.45, 7) is 6.82. The van der Waals surface area contributed by atoms with Crippen LogP contribution in [-0.2, 0) is 4.74 Å². The quantitative estimate of drug-likeness (QED) is 0.808. The number of nitrogens with two attached hydrogens (primary N) is 1. The summed E-state index contributed by atoms with van der Waals surface area (Å²) < 4.78 is 10.9. The fourth-order valence-corrected chi connectivity index (χ4v) is 1.77. The highest BCUT2D eigenvalue weighted by molar-refractivity contribution is 5.30. The molecule has 0 aliphatic heterocycles. The van der Waals surface area contributed by atoms with Gasteiger partial charge in [-0.3, -0.25) is 0 Å². The molecule has 3 nitrogen and oxygen atoms in total. The number of hydrogen-bond acceptors (Lipinski definition) is 3. The molecule has 0 aliphatic rings. The van der Waals surface area contributed by atoms with Gasteiger partial charge in [0, 0.05) is 13.2 Å². The van der Waals surface area contributed by atoms with Crippen LogP contribution in [0.3, 0.4) is 0 Å². The molecule has 0 amide bonds. The third kappa shape index (κ3) is 4.67. The second kappa shape index (κ2) is 6.76. The lowest BCUT2D eigenvalue weighted by atomic mass is 9.95. The SMILES string of the molecule is CCOc1cccc(C(N)CCC(C)(C)OC)c1. The van der Waals surface area contributed by atoms with Crippen LogP contribution < -0.4 is 10.5 Å². The van der Waals surface area contributed by atoms with Crippen LogP contribution in [-0.4, -0.2) is 19.3 Å². The monoisotopic (exact) mass is 251 g/mol. The van der Waals surface area contributed by atoms with Crippen LogP contribution in [0.5, 0.6) is 5.75 Å². The molecule has 0 saturated heterocycles. The van der Waals surface area contributed by atoms with Crippen LogP contribution in [0.2, 0.25) is 0 Å². The lowest BCUT2D eigenvalue weighted by molar-refractivity contribution is 0.0125. The summed E-state index contributed by atoms with van der Waals surface area (Å²) in [7, 11) is 1.74. The van der Waals surface area contributed by atoms with Gasteiger partial charge in [0.15, 0.2) is 0 Å². The molecule has 2 N–H and O–H groups in total. The molecule has 3 heteroatoms. The van der Waals surface area contributed by atoms with E-state index in [0.717, 1.165) is 24.2 Å². The van der Waals surface area contributed by atoms with Crippen LogP contribution in [0.25, 0.3) is 0 Å². The topological polar surface area (TPSA) is 44.5 Å². The highest BCUT2D eigenvalue weighted by Gasteiger charge is 2.18. The van der Waals surface area contributed by atoms with Gasteiger partial charge in [-0.1, -0.05) is 12.1 Å². The minimum Gasteiger partial charge on any atom is -0.494 e. The van der Waals surface area contributed by atoms with E-state index in [2.05, 4.69) is 13.8 Å². The van der Waals surface area contributed by atoms with E-state index in [1.807, 2.05) is 31.2 Å². The molecule has 0 radical (unpaired) electrons. The van der Waals surface area contributed by atoms with E-state index in [4.69, 9.17) is 15.2 Å². The molecule has 0 aromatic heterocycles. The van der Waals surface area contributed by atoms with Crippen molar-refractivity contribution in [3.8, 4) is 5.75 Å². The van der Waals surface area contributed by atoms with Gasteiger partial charge in [-0.25, -0.2) is 0 Å². The van der Waals surface area contributed by atoms with Crippen LogP contribution in [0.15, 0.2) is 24.3 Å². The average Bonchev–Trinajstić information content (AvgIpc) is 2.37. The number of rotatable bonds is 7. The lowest BCUT2D eigenvalue weighted by Crippen LogP contribution is -2.24. The predicted octanol–water partition coefficient (Wildman–Crippen LogP) is 3.29. The Hall–Kier alpha value is -1.06. The highest BCUT2D eigenvalue weighted by atomic mass is 16.5. The van der Waals surface area contributed by atoms with Crippen LogP contribution in [0.4, 0.5) is 0 Å². The van der Waals surface area contributed by atoms with E-state index < -0.39 is 0 Å². The largest absolute Gasteiger partial charge is 0.494 e. The molecule has 0 saturated carbocycles. The Bertz CT molecular complexity index is 363. The molecule has 0 aliphatic carbocycles. The zero-order valence-corrected chi connectivity index (χ0v) is 11.9. The van der Waals surface area contributed by atoms with Crippen LogP contribution in [0, 0.1) is 0 Å². The van der Waals surface area contributed by atoms with E-state index in [1.165, 1.54) is 0 Å². The van der Waals surface area contributed by atoms with E-state index in [0.29, 0.717) is 6.61 Å². The van der Waals surface area contributed by atoms with E-state index in [-0.39, 0.29) is 11.6 Å². The van der Waals surface area contributed by atoms with Crippen molar-refractivity contribution in [3.05, 3.63) is 29.8 Å². The minimum absolute atomic E-state index is 0.0276. The van der Waals surface area contributed by atoms with Gasteiger partial charge in [0.05, 0.1) is 12.2 Å². The third-order valence-electron chi connectivity index (χ3n) is 3.21. The first-order valence-corrected chi connectivity index (χ1v) is 6.52. The van der Waals surface area contributed by atoms with Crippen LogP contribution in [0.1, 0.15) is 45.2 Å². The van der Waals surface area contributed by atoms with Crippen molar-refractivity contribution in [3.63, 3.8) is 0 Å². The minimum atomic E-state index is -0.116. The molecule has 0 spiro atoms. The Kier molecular flexibility index (Phi) is 5.63. The summed E-state index contributed by atoms with van der Waals surface area (Å²) in [4.78, 5) is 0. The molecule has 18 heavy (non-hydrogen) atoms. The van der Waals surface area contributed by atoms with Crippen molar-refractivity contribution < 1.29 is 9.47 Å². The molecule has 1 aromatic rings. The number of methoxy groups -OCH3 is 1. The molecule has 1 rings (SSSR count). The zero-order chi connectivity index (χ0) is 13.6. The van der Waals surface area contributed by atoms with Gasteiger partial charge in [0.1, 0.15) is 5.75 Å². The molecule has 0 bridgehead atoms. The second-order valence-corrected chi connectivity index (χ2v) is 5.11. The standard InChI is InChI=1S/C15H25NO2/c1-5-18-13-8-6-7-12(11-13)14(16)9-10-15(2,3)17-4/h6-8,11,14H,5,9-10,16H2,1-4H3. The maximum absolute atomic E-state index is 6.21. The van der Waals surface area contributed by atoms with Gasteiger partial charge in [-0.15, -0.1) is 0 Å². The zero-order valence-electron chi connectivity index (χ0n) is 11.9. The maximum atomic E-state index is 6.21. The Morgan fingerprint density at radius 2 is 2.06 bits per heavy atom. The summed E-state index contributed by atoms with van der Waals surface area (Å²) in [5.74, 6) is 0.886. The molecular formula is C15H25NO2. The van der Waals surface area contributed by atoms with Crippen molar-refractivity contribution in [1.29, 1.82) is 0 Å². The second-order valence-electron chi connectivity index (χ2n) is 5.11. The first kappa shape index (κ1) is 15.0. The molecule has 102 valence electrons. The normalized spacial score (nSPS) is 13.4. The first-order chi connectivity index (χ1) is 8.48. The summed E-state index contributed by atoms with van der Waals surface area (Å²) in [5, 5.41) is 0. The molecule has 0 fully saturated rings. The van der Waals surface area contributed by atoms with E-state index in [1.54, 1.807) is 7.11 Å². The Labute approximate surface area is 110 Å². The van der Waals surface area contributed by atoms with E-state index >= 15 is 0 Å². The molecule has 1 unspecified atom stereocenters. The summed E-state index contributed by atoms with van der Waals surface area (Å²) in [5.41, 5.74) is 7.21. The highest BCUT2D eigenvalue weighted by Crippen LogP contribution is 2.25. The third-order valence-corrected chi connectivity index (χ3v) is 3.21. The smallest absolute Gasteiger partial charge is 0.119 e. The van der Waals surface area contributed by atoms with Gasteiger partial charge in [0.25, 0.3) is 0 Å². The average molecular weight is 251 g/mol. The molecular weight excluding hydrogens is 226 g/mol. The van der Waals surface area contributed by atoms with Crippen LogP contribution >= 0.6 is 0 Å². The van der Waals surface area contributed by atoms with Crippen molar-refractivity contribution in [2.45, 2.75) is 45.3 Å².